The van der Waals surface area contributed by atoms with Crippen LogP contribution < -0.4 is 4.72 Å². The van der Waals surface area contributed by atoms with Crippen molar-refractivity contribution < 1.29 is 13.2 Å². The van der Waals surface area contributed by atoms with Crippen LogP contribution in [-0.2, 0) is 21.2 Å². The summed E-state index contributed by atoms with van der Waals surface area (Å²) in [5, 5.41) is 0. The third kappa shape index (κ3) is 5.13. The molecule has 0 aromatic heterocycles. The fourth-order valence-corrected chi connectivity index (χ4v) is 3.50. The predicted octanol–water partition coefficient (Wildman–Crippen LogP) is 1.08. The van der Waals surface area contributed by atoms with Crippen molar-refractivity contribution in [3.05, 3.63) is 35.4 Å². The van der Waals surface area contributed by atoms with Gasteiger partial charge < -0.3 is 4.90 Å². The molecule has 1 aromatic rings. The summed E-state index contributed by atoms with van der Waals surface area (Å²) in [6, 6.07) is 7.90. The van der Waals surface area contributed by atoms with Crippen molar-refractivity contribution in [2.24, 2.45) is 0 Å². The van der Waals surface area contributed by atoms with Gasteiger partial charge in [0.15, 0.2) is 0 Å². The van der Waals surface area contributed by atoms with E-state index in [1.54, 1.807) is 0 Å². The number of nitrogens with one attached hydrogen (secondary N) is 1. The largest absolute Gasteiger partial charge is 0.342 e. The standard InChI is InChI=1S/C15H22N2O3S/c1-12-4-3-5-13(10-12)11-15(18)17-8-6-14(7-9-17)16-21(2,19)20/h3-5,10,14,16H,6-9,11H2,1-2H3. The van der Waals surface area contributed by atoms with Crippen LogP contribution in [0.2, 0.25) is 0 Å². The summed E-state index contributed by atoms with van der Waals surface area (Å²) in [7, 11) is -3.17. The van der Waals surface area contributed by atoms with Crippen LogP contribution in [0.5, 0.6) is 0 Å². The molecule has 21 heavy (non-hydrogen) atoms. The van der Waals surface area contributed by atoms with Gasteiger partial charge in [-0.2, -0.15) is 0 Å². The molecular formula is C15H22N2O3S. The van der Waals surface area contributed by atoms with Gasteiger partial charge in [0.25, 0.3) is 0 Å². The lowest BCUT2D eigenvalue weighted by atomic mass is 10.0. The van der Waals surface area contributed by atoms with Crippen molar-refractivity contribution in [1.29, 1.82) is 0 Å². The summed E-state index contributed by atoms with van der Waals surface area (Å²) in [6.45, 7) is 3.23. The molecule has 1 aliphatic rings. The highest BCUT2D eigenvalue weighted by Crippen LogP contribution is 2.13. The Morgan fingerprint density at radius 3 is 2.57 bits per heavy atom. The van der Waals surface area contributed by atoms with Gasteiger partial charge in [0.05, 0.1) is 12.7 Å². The van der Waals surface area contributed by atoms with E-state index < -0.39 is 10.0 Å². The van der Waals surface area contributed by atoms with Crippen LogP contribution >= 0.6 is 0 Å². The number of hydrogen-bond acceptors (Lipinski definition) is 3. The van der Waals surface area contributed by atoms with Crippen molar-refractivity contribution in [1.82, 2.24) is 9.62 Å². The Hall–Kier alpha value is -1.40. The molecule has 0 bridgehead atoms. The number of likely N-dealkylation sites (tertiary alicyclic amines) is 1. The van der Waals surface area contributed by atoms with Crippen molar-refractivity contribution in [3.8, 4) is 0 Å². The first-order valence-corrected chi connectivity index (χ1v) is 9.03. The fraction of sp³-hybridized carbons (Fsp3) is 0.533. The summed E-state index contributed by atoms with van der Waals surface area (Å²) < 4.78 is 25.0. The Balaban J connectivity index is 1.86. The normalized spacial score (nSPS) is 17.0. The molecule has 1 heterocycles. The SMILES string of the molecule is Cc1cccc(CC(=O)N2CCC(NS(C)(=O)=O)CC2)c1. The van der Waals surface area contributed by atoms with Gasteiger partial charge in [-0.05, 0) is 25.3 Å². The summed E-state index contributed by atoms with van der Waals surface area (Å²) in [5.41, 5.74) is 2.17. The van der Waals surface area contributed by atoms with Gasteiger partial charge in [-0.15, -0.1) is 0 Å². The number of sulfonamides is 1. The van der Waals surface area contributed by atoms with E-state index in [1.165, 1.54) is 6.26 Å². The van der Waals surface area contributed by atoms with E-state index in [-0.39, 0.29) is 11.9 Å². The number of amides is 1. The smallest absolute Gasteiger partial charge is 0.226 e. The van der Waals surface area contributed by atoms with E-state index in [4.69, 9.17) is 0 Å². The van der Waals surface area contributed by atoms with Gasteiger partial charge in [0.2, 0.25) is 15.9 Å². The van der Waals surface area contributed by atoms with E-state index >= 15 is 0 Å². The lowest BCUT2D eigenvalue weighted by molar-refractivity contribution is -0.131. The number of hydrogen-bond donors (Lipinski definition) is 1. The van der Waals surface area contributed by atoms with Crippen LogP contribution in [0.15, 0.2) is 24.3 Å². The Morgan fingerprint density at radius 1 is 1.33 bits per heavy atom. The van der Waals surface area contributed by atoms with E-state index in [9.17, 15) is 13.2 Å². The van der Waals surface area contributed by atoms with Crippen LogP contribution in [0.1, 0.15) is 24.0 Å². The second-order valence-electron chi connectivity index (χ2n) is 5.71. The lowest BCUT2D eigenvalue weighted by Crippen LogP contribution is -2.46. The first kappa shape index (κ1) is 16.0. The highest BCUT2D eigenvalue weighted by Gasteiger charge is 2.24. The van der Waals surface area contributed by atoms with Crippen molar-refractivity contribution in [3.63, 3.8) is 0 Å². The van der Waals surface area contributed by atoms with Gasteiger partial charge in [-0.25, -0.2) is 13.1 Å². The Morgan fingerprint density at radius 2 is 2.00 bits per heavy atom. The van der Waals surface area contributed by atoms with E-state index in [0.29, 0.717) is 32.4 Å². The summed E-state index contributed by atoms with van der Waals surface area (Å²) >= 11 is 0. The molecule has 1 saturated heterocycles. The molecule has 1 amide bonds. The van der Waals surface area contributed by atoms with Crippen molar-refractivity contribution in [2.75, 3.05) is 19.3 Å². The van der Waals surface area contributed by atoms with Gasteiger partial charge in [-0.3, -0.25) is 4.79 Å². The van der Waals surface area contributed by atoms with Crippen molar-refractivity contribution >= 4 is 15.9 Å². The monoisotopic (exact) mass is 310 g/mol. The molecular weight excluding hydrogens is 288 g/mol. The van der Waals surface area contributed by atoms with Crippen molar-refractivity contribution in [2.45, 2.75) is 32.2 Å². The molecule has 116 valence electrons. The first-order chi connectivity index (χ1) is 9.83. The Labute approximate surface area is 126 Å². The topological polar surface area (TPSA) is 66.5 Å². The number of nitrogens with zero attached hydrogens (tertiary/aromatic N) is 1. The maximum absolute atomic E-state index is 12.3. The van der Waals surface area contributed by atoms with Gasteiger partial charge >= 0.3 is 0 Å². The number of aryl methyl sites for hydroxylation is 1. The van der Waals surface area contributed by atoms with Crippen LogP contribution in [0, 0.1) is 6.92 Å². The molecule has 0 radical (unpaired) electrons. The average Bonchev–Trinajstić information content (AvgIpc) is 2.37. The molecule has 5 nitrogen and oxygen atoms in total. The quantitative estimate of drug-likeness (QED) is 0.905. The molecule has 6 heteroatoms. The van der Waals surface area contributed by atoms with E-state index in [2.05, 4.69) is 4.72 Å². The third-order valence-electron chi connectivity index (χ3n) is 3.67. The molecule has 0 atom stereocenters. The first-order valence-electron chi connectivity index (χ1n) is 7.14. The molecule has 0 unspecified atom stereocenters. The third-order valence-corrected chi connectivity index (χ3v) is 4.43. The van der Waals surface area contributed by atoms with Crippen LogP contribution in [0.3, 0.4) is 0 Å². The summed E-state index contributed by atoms with van der Waals surface area (Å²) in [6.07, 6.45) is 2.92. The Kier molecular flexibility index (Phi) is 5.00. The number of carbonyl (C=O) groups excluding carboxylic acids is 1. The fourth-order valence-electron chi connectivity index (χ4n) is 2.66. The molecule has 0 saturated carbocycles. The van der Waals surface area contributed by atoms with E-state index in [0.717, 1.165) is 11.1 Å². The minimum atomic E-state index is -3.17. The predicted molar refractivity (Wildman–Crippen MR) is 82.5 cm³/mol. The minimum absolute atomic E-state index is 0.0528. The van der Waals surface area contributed by atoms with E-state index in [1.807, 2.05) is 36.1 Å². The van der Waals surface area contributed by atoms with Gasteiger partial charge in [-0.1, -0.05) is 29.8 Å². The van der Waals surface area contributed by atoms with Gasteiger partial charge in [0, 0.05) is 19.1 Å². The second-order valence-corrected chi connectivity index (χ2v) is 7.49. The zero-order valence-electron chi connectivity index (χ0n) is 12.5. The maximum atomic E-state index is 12.3. The maximum Gasteiger partial charge on any atom is 0.226 e. The molecule has 1 N–H and O–H groups in total. The average molecular weight is 310 g/mol. The highest BCUT2D eigenvalue weighted by atomic mass is 32.2. The van der Waals surface area contributed by atoms with Crippen LogP contribution in [-0.4, -0.2) is 44.6 Å². The highest BCUT2D eigenvalue weighted by molar-refractivity contribution is 7.88. The van der Waals surface area contributed by atoms with Crippen LogP contribution in [0.25, 0.3) is 0 Å². The summed E-state index contributed by atoms with van der Waals surface area (Å²) in [5.74, 6) is 0.110. The van der Waals surface area contributed by atoms with Crippen LogP contribution in [0.4, 0.5) is 0 Å². The number of benzene rings is 1. The number of rotatable bonds is 4. The zero-order valence-corrected chi connectivity index (χ0v) is 13.3. The summed E-state index contributed by atoms with van der Waals surface area (Å²) in [4.78, 5) is 14.1. The molecule has 1 fully saturated rings. The Bertz CT molecular complexity index is 605. The number of piperidine rings is 1. The molecule has 1 aromatic carbocycles. The number of carbonyl (C=O) groups is 1. The minimum Gasteiger partial charge on any atom is -0.342 e. The molecule has 0 spiro atoms. The molecule has 1 aliphatic heterocycles. The second kappa shape index (κ2) is 6.58. The molecule has 2 rings (SSSR count). The lowest BCUT2D eigenvalue weighted by Gasteiger charge is -2.32. The molecule has 0 aliphatic carbocycles. The zero-order chi connectivity index (χ0) is 15.5. The van der Waals surface area contributed by atoms with Gasteiger partial charge in [0.1, 0.15) is 0 Å².